The summed E-state index contributed by atoms with van der Waals surface area (Å²) in [7, 11) is 0. The molecular weight excluding hydrogens is 536 g/mol. The molecule has 1 aromatic carbocycles. The molecule has 0 bridgehead atoms. The van der Waals surface area contributed by atoms with Crippen molar-refractivity contribution in [3.05, 3.63) is 115 Å². The van der Waals surface area contributed by atoms with Gasteiger partial charge in [0, 0.05) is 25.6 Å². The van der Waals surface area contributed by atoms with Gasteiger partial charge in [0.15, 0.2) is 11.5 Å². The molecule has 1 rings (SSSR count). The number of hydrogen-bond donors (Lipinski definition) is 4. The molecule has 0 aliphatic carbocycles. The smallest absolute Gasteiger partial charge is 0.243 e. The Morgan fingerprint density at radius 2 is 1.21 bits per heavy atom. The van der Waals surface area contributed by atoms with Crippen molar-refractivity contribution in [2.45, 2.75) is 71.1 Å². The van der Waals surface area contributed by atoms with Gasteiger partial charge in [-0.25, -0.2) is 0 Å². The molecule has 0 saturated carbocycles. The van der Waals surface area contributed by atoms with Gasteiger partial charge in [-0.3, -0.25) is 9.59 Å². The van der Waals surface area contributed by atoms with Gasteiger partial charge in [-0.05, 0) is 75.5 Å². The fourth-order valence-corrected chi connectivity index (χ4v) is 3.64. The highest BCUT2D eigenvalue weighted by Crippen LogP contribution is 2.25. The number of benzene rings is 1. The lowest BCUT2D eigenvalue weighted by Crippen LogP contribution is -2.26. The van der Waals surface area contributed by atoms with Gasteiger partial charge in [-0.1, -0.05) is 104 Å². The normalized spacial score (nSPS) is 12.6. The SMILES string of the molecule is CCC=CCC=CCC=CCC=CCC=CCC=CCCC(=O)NCCCCNC(=O)C=CC=Cc1ccc(O)c(O)c1. The molecule has 0 aliphatic heterocycles. The summed E-state index contributed by atoms with van der Waals surface area (Å²) in [5.74, 6) is -0.517. The van der Waals surface area contributed by atoms with Crippen molar-refractivity contribution in [1.29, 1.82) is 0 Å². The average molecular weight is 587 g/mol. The summed E-state index contributed by atoms with van der Waals surface area (Å²) in [4.78, 5) is 23.8. The van der Waals surface area contributed by atoms with E-state index in [4.69, 9.17) is 0 Å². The van der Waals surface area contributed by atoms with Crippen LogP contribution in [-0.4, -0.2) is 35.1 Å². The maximum Gasteiger partial charge on any atom is 0.243 e. The van der Waals surface area contributed by atoms with Crippen LogP contribution in [0, 0.1) is 0 Å². The van der Waals surface area contributed by atoms with Gasteiger partial charge < -0.3 is 20.8 Å². The zero-order valence-electron chi connectivity index (χ0n) is 25.7. The predicted octanol–water partition coefficient (Wildman–Crippen LogP) is 8.16. The molecule has 1 aromatic rings. The van der Waals surface area contributed by atoms with Crippen molar-refractivity contribution in [2.24, 2.45) is 0 Å². The monoisotopic (exact) mass is 586 g/mol. The second kappa shape index (κ2) is 26.6. The third-order valence-corrected chi connectivity index (χ3v) is 6.01. The minimum Gasteiger partial charge on any atom is -0.504 e. The first-order valence-electron chi connectivity index (χ1n) is 15.3. The van der Waals surface area contributed by atoms with E-state index in [1.54, 1.807) is 24.3 Å². The Balaban J connectivity index is 1.97. The molecule has 2 amide bonds. The first-order chi connectivity index (χ1) is 21.0. The van der Waals surface area contributed by atoms with E-state index in [2.05, 4.69) is 84.4 Å². The lowest BCUT2D eigenvalue weighted by atomic mass is 10.2. The number of unbranched alkanes of at least 4 members (excludes halogenated alkanes) is 1. The number of aromatic hydroxyl groups is 2. The van der Waals surface area contributed by atoms with E-state index in [1.165, 1.54) is 18.2 Å². The van der Waals surface area contributed by atoms with Crippen molar-refractivity contribution >= 4 is 17.9 Å². The van der Waals surface area contributed by atoms with Crippen molar-refractivity contribution in [3.8, 4) is 11.5 Å². The van der Waals surface area contributed by atoms with Crippen molar-refractivity contribution < 1.29 is 19.8 Å². The molecule has 0 atom stereocenters. The third-order valence-electron chi connectivity index (χ3n) is 6.01. The number of phenolic OH excluding ortho intramolecular Hbond substituents is 2. The van der Waals surface area contributed by atoms with E-state index in [9.17, 15) is 19.8 Å². The standard InChI is InChI=1S/C37H50N2O4/c1-2-3-4-5-6-7-8-9-10-11-12-13-14-15-16-17-18-19-20-26-36(42)38-30-23-24-31-39-37(43)27-22-21-25-33-28-29-34(40)35(41)32-33/h3-4,6-7,9-10,12-13,15-16,18-19,21-22,25,27-29,32,40-41H,2,5,8,11,14,17,20,23-24,26,30-31H2,1H3,(H,38,42)(H,39,43). The van der Waals surface area contributed by atoms with Gasteiger partial charge in [-0.15, -0.1) is 0 Å². The quantitative estimate of drug-likeness (QED) is 0.0362. The Bertz CT molecular complexity index is 1150. The van der Waals surface area contributed by atoms with E-state index >= 15 is 0 Å². The van der Waals surface area contributed by atoms with Crippen LogP contribution in [0.3, 0.4) is 0 Å². The Kier molecular flexibility index (Phi) is 22.7. The van der Waals surface area contributed by atoms with Gasteiger partial charge in [-0.2, -0.15) is 0 Å². The number of carbonyl (C=O) groups is 2. The minimum atomic E-state index is -0.196. The number of hydrogen-bond acceptors (Lipinski definition) is 4. The van der Waals surface area contributed by atoms with E-state index < -0.39 is 0 Å². The minimum absolute atomic E-state index is 0.0419. The average Bonchev–Trinajstić information content (AvgIpc) is 3.00. The van der Waals surface area contributed by atoms with Crippen LogP contribution in [0.25, 0.3) is 6.08 Å². The topological polar surface area (TPSA) is 98.7 Å². The highest BCUT2D eigenvalue weighted by atomic mass is 16.3. The summed E-state index contributed by atoms with van der Waals surface area (Å²) in [6, 6.07) is 4.49. The Labute approximate surface area is 258 Å². The zero-order valence-corrected chi connectivity index (χ0v) is 25.7. The Hall–Kier alpha value is -4.32. The van der Waals surface area contributed by atoms with Crippen LogP contribution >= 0.6 is 0 Å². The molecule has 6 nitrogen and oxygen atoms in total. The number of nitrogens with one attached hydrogen (secondary N) is 2. The third kappa shape index (κ3) is 23.0. The van der Waals surface area contributed by atoms with Gasteiger partial charge in [0.1, 0.15) is 0 Å². The van der Waals surface area contributed by atoms with Crippen molar-refractivity contribution in [1.82, 2.24) is 10.6 Å². The molecule has 232 valence electrons. The molecule has 0 fully saturated rings. The molecule has 0 saturated heterocycles. The lowest BCUT2D eigenvalue weighted by Gasteiger charge is -2.05. The van der Waals surface area contributed by atoms with Crippen LogP contribution in [-0.2, 0) is 9.59 Å². The van der Waals surface area contributed by atoms with Gasteiger partial charge in [0.25, 0.3) is 0 Å². The fraction of sp³-hybridized carbons (Fsp3) is 0.351. The van der Waals surface area contributed by atoms with E-state index in [-0.39, 0.29) is 23.3 Å². The van der Waals surface area contributed by atoms with Crippen LogP contribution in [0.2, 0.25) is 0 Å². The van der Waals surface area contributed by atoms with E-state index in [1.807, 2.05) is 6.08 Å². The fourth-order valence-electron chi connectivity index (χ4n) is 3.64. The second-order valence-corrected chi connectivity index (χ2v) is 9.77. The van der Waals surface area contributed by atoms with E-state index in [0.29, 0.717) is 25.1 Å². The largest absolute Gasteiger partial charge is 0.504 e. The van der Waals surface area contributed by atoms with Crippen LogP contribution in [0.5, 0.6) is 11.5 Å². The summed E-state index contributed by atoms with van der Waals surface area (Å²) in [6.07, 6.45) is 41.1. The van der Waals surface area contributed by atoms with Gasteiger partial charge in [0.2, 0.25) is 11.8 Å². The van der Waals surface area contributed by atoms with Gasteiger partial charge >= 0.3 is 0 Å². The number of allylic oxidation sites excluding steroid dienone is 14. The first-order valence-corrected chi connectivity index (χ1v) is 15.3. The summed E-state index contributed by atoms with van der Waals surface area (Å²) in [5, 5.41) is 24.5. The number of carbonyl (C=O) groups excluding carboxylic acids is 2. The zero-order chi connectivity index (χ0) is 31.2. The molecule has 0 heterocycles. The van der Waals surface area contributed by atoms with Crippen LogP contribution < -0.4 is 10.6 Å². The van der Waals surface area contributed by atoms with Crippen LogP contribution in [0.1, 0.15) is 76.7 Å². The number of amides is 2. The maximum atomic E-state index is 12.0. The number of rotatable bonds is 22. The molecule has 0 aromatic heterocycles. The molecule has 0 unspecified atom stereocenters. The number of phenols is 2. The Morgan fingerprint density at radius 3 is 1.77 bits per heavy atom. The van der Waals surface area contributed by atoms with Crippen LogP contribution in [0.4, 0.5) is 0 Å². The molecular formula is C37H50N2O4. The van der Waals surface area contributed by atoms with Crippen molar-refractivity contribution in [3.63, 3.8) is 0 Å². The molecule has 0 aliphatic rings. The molecule has 0 radical (unpaired) electrons. The predicted molar refractivity (Wildman–Crippen MR) is 181 cm³/mol. The molecule has 6 heteroatoms. The summed E-state index contributed by atoms with van der Waals surface area (Å²) in [6.45, 7) is 3.27. The molecule has 0 spiro atoms. The Morgan fingerprint density at radius 1 is 0.674 bits per heavy atom. The lowest BCUT2D eigenvalue weighted by molar-refractivity contribution is -0.121. The second-order valence-electron chi connectivity index (χ2n) is 9.77. The van der Waals surface area contributed by atoms with Crippen LogP contribution in [0.15, 0.2) is 109 Å². The first kappa shape index (κ1) is 36.7. The van der Waals surface area contributed by atoms with E-state index in [0.717, 1.165) is 57.8 Å². The summed E-state index contributed by atoms with van der Waals surface area (Å²) >= 11 is 0. The summed E-state index contributed by atoms with van der Waals surface area (Å²) in [5.41, 5.74) is 0.708. The highest BCUT2D eigenvalue weighted by molar-refractivity contribution is 5.87. The van der Waals surface area contributed by atoms with Crippen molar-refractivity contribution in [2.75, 3.05) is 13.1 Å². The molecule has 4 N–H and O–H groups in total. The van der Waals surface area contributed by atoms with Gasteiger partial charge in [0.05, 0.1) is 0 Å². The highest BCUT2D eigenvalue weighted by Gasteiger charge is 1.99. The summed E-state index contributed by atoms with van der Waals surface area (Å²) < 4.78 is 0. The maximum absolute atomic E-state index is 12.0. The molecule has 43 heavy (non-hydrogen) atoms.